The zero-order valence-electron chi connectivity index (χ0n) is 9.38. The van der Waals surface area contributed by atoms with E-state index in [1.165, 1.54) is 11.5 Å². The third kappa shape index (κ3) is 2.10. The molecule has 2 saturated heterocycles. The Morgan fingerprint density at radius 1 is 1.36 bits per heavy atom. The topological polar surface area (TPSA) is 21.3 Å². The molecule has 0 aliphatic carbocycles. The highest BCUT2D eigenvalue weighted by molar-refractivity contribution is 7.99. The van der Waals surface area contributed by atoms with Gasteiger partial charge in [-0.25, -0.2) is 0 Å². The van der Waals surface area contributed by atoms with E-state index < -0.39 is 0 Å². The van der Waals surface area contributed by atoms with Crippen LogP contribution in [-0.2, 0) is 4.74 Å². The monoisotopic (exact) mass is 215 g/mol. The summed E-state index contributed by atoms with van der Waals surface area (Å²) in [7, 11) is 0. The van der Waals surface area contributed by atoms with Crippen molar-refractivity contribution in [2.45, 2.75) is 32.9 Å². The van der Waals surface area contributed by atoms with Crippen LogP contribution in [0.5, 0.6) is 0 Å². The molecular weight excluding hydrogens is 194 g/mol. The fourth-order valence-electron chi connectivity index (χ4n) is 2.17. The van der Waals surface area contributed by atoms with Crippen LogP contribution in [0.1, 0.15) is 20.8 Å². The van der Waals surface area contributed by atoms with Crippen molar-refractivity contribution in [2.24, 2.45) is 11.3 Å². The number of rotatable bonds is 2. The minimum Gasteiger partial charge on any atom is -0.379 e. The van der Waals surface area contributed by atoms with Crippen LogP contribution < -0.4 is 5.32 Å². The van der Waals surface area contributed by atoms with E-state index >= 15 is 0 Å². The molecule has 0 saturated carbocycles. The van der Waals surface area contributed by atoms with Crippen molar-refractivity contribution >= 4 is 11.8 Å². The first-order chi connectivity index (χ1) is 6.59. The minimum absolute atomic E-state index is 0.312. The molecule has 3 unspecified atom stereocenters. The van der Waals surface area contributed by atoms with E-state index in [1.807, 2.05) is 0 Å². The quantitative estimate of drug-likeness (QED) is 0.758. The Morgan fingerprint density at radius 2 is 2.14 bits per heavy atom. The molecule has 2 rings (SSSR count). The maximum absolute atomic E-state index is 5.55. The Balaban J connectivity index is 1.90. The maximum Gasteiger partial charge on any atom is 0.0626 e. The SMILES string of the molecule is CC1CSCC1NC1COCC1(C)C. The van der Waals surface area contributed by atoms with Crippen molar-refractivity contribution in [2.75, 3.05) is 24.7 Å². The smallest absolute Gasteiger partial charge is 0.0626 e. The van der Waals surface area contributed by atoms with Gasteiger partial charge >= 0.3 is 0 Å². The lowest BCUT2D eigenvalue weighted by atomic mass is 9.87. The highest BCUT2D eigenvalue weighted by Gasteiger charge is 2.38. The average molecular weight is 215 g/mol. The van der Waals surface area contributed by atoms with Gasteiger partial charge in [-0.3, -0.25) is 0 Å². The van der Waals surface area contributed by atoms with Crippen LogP contribution in [-0.4, -0.2) is 36.8 Å². The van der Waals surface area contributed by atoms with Crippen molar-refractivity contribution in [3.63, 3.8) is 0 Å². The summed E-state index contributed by atoms with van der Waals surface area (Å²) in [4.78, 5) is 0. The van der Waals surface area contributed by atoms with E-state index in [0.717, 1.165) is 19.1 Å². The lowest BCUT2D eigenvalue weighted by molar-refractivity contribution is 0.166. The van der Waals surface area contributed by atoms with Crippen molar-refractivity contribution in [1.82, 2.24) is 5.32 Å². The summed E-state index contributed by atoms with van der Waals surface area (Å²) in [6, 6.07) is 1.25. The van der Waals surface area contributed by atoms with Crippen LogP contribution >= 0.6 is 11.8 Å². The number of thioether (sulfide) groups is 1. The molecule has 0 aromatic heterocycles. The number of nitrogens with one attached hydrogen (secondary N) is 1. The van der Waals surface area contributed by atoms with E-state index in [9.17, 15) is 0 Å². The lowest BCUT2D eigenvalue weighted by Gasteiger charge is -2.29. The van der Waals surface area contributed by atoms with E-state index in [0.29, 0.717) is 17.5 Å². The highest BCUT2D eigenvalue weighted by Crippen LogP contribution is 2.30. The third-order valence-electron chi connectivity index (χ3n) is 3.48. The number of hydrogen-bond donors (Lipinski definition) is 1. The van der Waals surface area contributed by atoms with Crippen LogP contribution in [0, 0.1) is 11.3 Å². The van der Waals surface area contributed by atoms with E-state index in [4.69, 9.17) is 4.74 Å². The van der Waals surface area contributed by atoms with Crippen LogP contribution in [0.25, 0.3) is 0 Å². The summed E-state index contributed by atoms with van der Waals surface area (Å²) in [5.41, 5.74) is 0.312. The number of hydrogen-bond acceptors (Lipinski definition) is 3. The lowest BCUT2D eigenvalue weighted by Crippen LogP contribution is -2.48. The molecule has 1 N–H and O–H groups in total. The second-order valence-corrected chi connectivity index (χ2v) is 6.42. The van der Waals surface area contributed by atoms with Gasteiger partial charge in [0.15, 0.2) is 0 Å². The fraction of sp³-hybridized carbons (Fsp3) is 1.00. The molecular formula is C11H21NOS. The third-order valence-corrected chi connectivity index (χ3v) is 4.84. The first kappa shape index (κ1) is 10.8. The van der Waals surface area contributed by atoms with Crippen LogP contribution in [0.15, 0.2) is 0 Å². The second-order valence-electron chi connectivity index (χ2n) is 5.34. The predicted molar refractivity (Wildman–Crippen MR) is 61.8 cm³/mol. The summed E-state index contributed by atoms with van der Waals surface area (Å²) < 4.78 is 5.55. The van der Waals surface area contributed by atoms with Gasteiger partial charge in [0.2, 0.25) is 0 Å². The first-order valence-corrected chi connectivity index (χ1v) is 6.66. The average Bonchev–Trinajstić information content (AvgIpc) is 2.62. The minimum atomic E-state index is 0.312. The van der Waals surface area contributed by atoms with Crippen LogP contribution in [0.4, 0.5) is 0 Å². The van der Waals surface area contributed by atoms with E-state index in [2.05, 4.69) is 37.8 Å². The molecule has 2 nitrogen and oxygen atoms in total. The van der Waals surface area contributed by atoms with Crippen LogP contribution in [0.3, 0.4) is 0 Å². The molecule has 2 fully saturated rings. The van der Waals surface area contributed by atoms with Gasteiger partial charge in [0.25, 0.3) is 0 Å². The molecule has 3 atom stereocenters. The van der Waals surface area contributed by atoms with Gasteiger partial charge in [-0.2, -0.15) is 11.8 Å². The fourth-order valence-corrected chi connectivity index (χ4v) is 3.59. The standard InChI is InChI=1S/C11H21NOS/c1-8-5-14-6-9(8)12-10-4-13-7-11(10,2)3/h8-10,12H,4-7H2,1-3H3. The zero-order valence-corrected chi connectivity index (χ0v) is 10.2. The molecule has 3 heteroatoms. The van der Waals surface area contributed by atoms with Crippen molar-refractivity contribution in [1.29, 1.82) is 0 Å². The largest absolute Gasteiger partial charge is 0.379 e. The van der Waals surface area contributed by atoms with Crippen molar-refractivity contribution in [3.05, 3.63) is 0 Å². The molecule has 14 heavy (non-hydrogen) atoms. The molecule has 0 radical (unpaired) electrons. The van der Waals surface area contributed by atoms with Gasteiger partial charge in [0, 0.05) is 23.3 Å². The van der Waals surface area contributed by atoms with Gasteiger partial charge in [0.1, 0.15) is 0 Å². The van der Waals surface area contributed by atoms with E-state index in [1.54, 1.807) is 0 Å². The molecule has 0 spiro atoms. The number of ether oxygens (including phenoxy) is 1. The van der Waals surface area contributed by atoms with Gasteiger partial charge in [-0.05, 0) is 11.7 Å². The van der Waals surface area contributed by atoms with Crippen LogP contribution in [0.2, 0.25) is 0 Å². The zero-order chi connectivity index (χ0) is 10.2. The molecule has 0 bridgehead atoms. The summed E-state index contributed by atoms with van der Waals surface area (Å²) >= 11 is 2.07. The van der Waals surface area contributed by atoms with Gasteiger partial charge in [-0.15, -0.1) is 0 Å². The summed E-state index contributed by atoms with van der Waals surface area (Å²) in [6.07, 6.45) is 0. The molecule has 82 valence electrons. The predicted octanol–water partition coefficient (Wildman–Crippen LogP) is 1.75. The van der Waals surface area contributed by atoms with E-state index in [-0.39, 0.29) is 0 Å². The Bertz CT molecular complexity index is 207. The normalized spacial score (nSPS) is 41.8. The molecule has 0 amide bonds. The summed E-state index contributed by atoms with van der Waals surface area (Å²) in [5.74, 6) is 3.40. The Labute approximate surface area is 91.2 Å². The molecule has 2 aliphatic heterocycles. The van der Waals surface area contributed by atoms with Gasteiger partial charge < -0.3 is 10.1 Å². The Hall–Kier alpha value is 0.270. The Kier molecular flexibility index (Phi) is 3.10. The second kappa shape index (κ2) is 4.03. The maximum atomic E-state index is 5.55. The highest BCUT2D eigenvalue weighted by atomic mass is 32.2. The summed E-state index contributed by atoms with van der Waals surface area (Å²) in [6.45, 7) is 8.73. The molecule has 2 aliphatic rings. The van der Waals surface area contributed by atoms with Gasteiger partial charge in [-0.1, -0.05) is 20.8 Å². The van der Waals surface area contributed by atoms with Crippen molar-refractivity contribution in [3.8, 4) is 0 Å². The Morgan fingerprint density at radius 3 is 2.64 bits per heavy atom. The molecule has 0 aromatic rings. The van der Waals surface area contributed by atoms with Gasteiger partial charge in [0.05, 0.1) is 13.2 Å². The first-order valence-electron chi connectivity index (χ1n) is 5.51. The summed E-state index contributed by atoms with van der Waals surface area (Å²) in [5, 5.41) is 3.77. The molecule has 0 aromatic carbocycles. The van der Waals surface area contributed by atoms with Crippen molar-refractivity contribution < 1.29 is 4.74 Å². The molecule has 2 heterocycles.